The number of halogens is 6. The molecule has 4 nitrogen and oxygen atoms in total. The van der Waals surface area contributed by atoms with E-state index < -0.39 is 29.5 Å². The van der Waals surface area contributed by atoms with Crippen molar-refractivity contribution in [1.29, 1.82) is 0 Å². The maximum absolute atomic E-state index is 13.9. The maximum Gasteiger partial charge on any atom is 0.425 e. The lowest BCUT2D eigenvalue weighted by molar-refractivity contribution is -0.247. The van der Waals surface area contributed by atoms with Crippen LogP contribution >= 0.6 is 0 Å². The topological polar surface area (TPSA) is 77.8 Å². The van der Waals surface area contributed by atoms with Gasteiger partial charge in [-0.05, 0) is 109 Å². The molecule has 0 radical (unpaired) electrons. The van der Waals surface area contributed by atoms with Crippen LogP contribution in [0, 0.1) is 41.5 Å². The molecule has 0 heterocycles. The fourth-order valence-corrected chi connectivity index (χ4v) is 7.70. The molecular formula is C55H96F6O4. The highest BCUT2D eigenvalue weighted by Crippen LogP contribution is 2.59. The van der Waals surface area contributed by atoms with Crippen LogP contribution in [-0.2, 0) is 17.6 Å². The van der Waals surface area contributed by atoms with Crippen LogP contribution in [0.4, 0.5) is 26.3 Å². The first-order valence-corrected chi connectivity index (χ1v) is 24.0. The van der Waals surface area contributed by atoms with E-state index in [4.69, 9.17) is 0 Å². The molecule has 2 atom stereocenters. The van der Waals surface area contributed by atoms with Crippen molar-refractivity contribution in [3.05, 3.63) is 115 Å². The SMILES string of the molecule is CC.CC.CC.CC.CC.CC.CC.CC.CC.CCc1c(C)c(C)c2c(c1C)C(O)(C(F)(F)F)c1ccccc1-2.Cc1c(C)c2c(c(C)c1C(=O)O)C(O)(C(F)(F)F)c1ccccc1-2.[3HH].[3HH].[3HH].[3HH]. The highest BCUT2D eigenvalue weighted by molar-refractivity contribution is 5.96. The van der Waals surface area contributed by atoms with Crippen LogP contribution in [-0.4, -0.2) is 33.6 Å². The quantitative estimate of drug-likeness (QED) is 0.175. The molecular weight excluding hydrogens is 839 g/mol. The molecule has 0 saturated heterocycles. The lowest BCUT2D eigenvalue weighted by Crippen LogP contribution is -2.42. The van der Waals surface area contributed by atoms with Crippen molar-refractivity contribution in [3.8, 4) is 22.3 Å². The molecule has 2 aliphatic rings. The first-order chi connectivity index (χ1) is 30.7. The van der Waals surface area contributed by atoms with E-state index in [0.29, 0.717) is 34.2 Å². The van der Waals surface area contributed by atoms with Gasteiger partial charge in [-0.15, -0.1) is 0 Å². The molecule has 0 saturated carbocycles. The Morgan fingerprint density at radius 3 is 1.03 bits per heavy atom. The number of aromatic carboxylic acids is 1. The van der Waals surface area contributed by atoms with Gasteiger partial charge in [0, 0.05) is 28.0 Å². The van der Waals surface area contributed by atoms with Crippen LogP contribution in [0.3, 0.4) is 0 Å². The first kappa shape index (κ1) is 69.9. The second kappa shape index (κ2) is 32.5. The molecule has 4 aromatic rings. The van der Waals surface area contributed by atoms with Gasteiger partial charge in [-0.1, -0.05) is 180 Å². The Morgan fingerprint density at radius 1 is 0.477 bits per heavy atom. The largest absolute Gasteiger partial charge is 0.478 e. The minimum absolute atomic E-state index is 0. The van der Waals surface area contributed by atoms with Crippen molar-refractivity contribution >= 4 is 5.97 Å². The van der Waals surface area contributed by atoms with Crippen molar-refractivity contribution < 1.29 is 52.2 Å². The summed E-state index contributed by atoms with van der Waals surface area (Å²) >= 11 is 0. The third kappa shape index (κ3) is 13.5. The number of carbonyl (C=O) groups is 1. The minimum Gasteiger partial charge on any atom is -0.478 e. The van der Waals surface area contributed by atoms with E-state index >= 15 is 0 Å². The minimum atomic E-state index is -4.98. The van der Waals surface area contributed by atoms with Crippen LogP contribution in [0.15, 0.2) is 48.5 Å². The Balaban J connectivity index is -0.000000108. The Bertz CT molecular complexity index is 2000. The third-order valence-electron chi connectivity index (χ3n) is 10.1. The van der Waals surface area contributed by atoms with Gasteiger partial charge in [0.05, 0.1) is 5.56 Å². The van der Waals surface area contributed by atoms with E-state index in [0.717, 1.165) is 16.7 Å². The fourth-order valence-electron chi connectivity index (χ4n) is 7.70. The number of carboxylic acid groups (broad SMARTS) is 1. The van der Waals surface area contributed by atoms with E-state index in [-0.39, 0.29) is 50.2 Å². The number of rotatable bonds is 2. The van der Waals surface area contributed by atoms with Crippen LogP contribution in [0.1, 0.15) is 209 Å². The summed E-state index contributed by atoms with van der Waals surface area (Å²) in [5.74, 6) is -1.31. The summed E-state index contributed by atoms with van der Waals surface area (Å²) in [7, 11) is 0. The lowest BCUT2D eigenvalue weighted by atomic mass is 9.82. The molecule has 0 amide bonds. The number of benzene rings is 4. The molecule has 3 N–H and O–H groups in total. The summed E-state index contributed by atoms with van der Waals surface area (Å²) in [6.07, 6.45) is -9.11. The highest BCUT2D eigenvalue weighted by Gasteiger charge is 2.63. The number of hydrogen-bond donors (Lipinski definition) is 3. The van der Waals surface area contributed by atoms with E-state index in [1.807, 2.05) is 145 Å². The molecule has 0 spiro atoms. The number of aliphatic hydroxyl groups is 2. The maximum atomic E-state index is 13.9. The van der Waals surface area contributed by atoms with Gasteiger partial charge in [-0.25, -0.2) is 4.79 Å². The molecule has 10 heteroatoms. The van der Waals surface area contributed by atoms with Crippen LogP contribution < -0.4 is 0 Å². The molecule has 65 heavy (non-hydrogen) atoms. The van der Waals surface area contributed by atoms with Crippen molar-refractivity contribution in [1.82, 2.24) is 0 Å². The van der Waals surface area contributed by atoms with Crippen molar-refractivity contribution in [2.45, 2.75) is 203 Å². The Morgan fingerprint density at radius 2 is 0.754 bits per heavy atom. The summed E-state index contributed by atoms with van der Waals surface area (Å²) in [6.45, 7) is 47.9. The standard InChI is InChI=1S/C19H19F3O.C18H15F3O3.9C2H6.4H2/c1-5-13-10(2)11(3)16-14-8-6-7-9-15(14)18(23,19(20,21)22)17(16)12(13)4;1-8-9(2)14-11-6-4-5-7-12(11)17(24,18(19,20)21)15(14)10(3)13(8)16(22)23;9*1-2;;;;/h6-9,23H,5H2,1-4H3;4-7,24H,1-3H3,(H,22,23);9*1-2H3;4*1H/i;;;;;;;;;;;4*1+2. The highest BCUT2D eigenvalue weighted by atomic mass is 19.4. The van der Waals surface area contributed by atoms with Crippen molar-refractivity contribution in [2.75, 3.05) is 0 Å². The molecule has 382 valence electrons. The molecule has 0 aromatic heterocycles. The normalized spacial score (nSPS) is 14.8. The Hall–Kier alpha value is -4.15. The lowest BCUT2D eigenvalue weighted by Gasteiger charge is -2.31. The van der Waals surface area contributed by atoms with Crippen LogP contribution in [0.5, 0.6) is 0 Å². The van der Waals surface area contributed by atoms with Gasteiger partial charge in [0.2, 0.25) is 11.2 Å². The monoisotopic (exact) mass is 943 g/mol. The zero-order valence-electron chi connectivity index (χ0n) is 44.8. The van der Waals surface area contributed by atoms with Gasteiger partial charge >= 0.3 is 18.3 Å². The molecule has 2 aliphatic carbocycles. The summed E-state index contributed by atoms with van der Waals surface area (Å²) in [6, 6.07) is 12.1. The smallest absolute Gasteiger partial charge is 0.425 e. The average molecular weight is 943 g/mol. The number of carboxylic acids is 1. The summed E-state index contributed by atoms with van der Waals surface area (Å²) in [4.78, 5) is 11.6. The number of alkyl halides is 6. The fraction of sp³-hybridized carbons (Fsp3) is 0.545. The van der Waals surface area contributed by atoms with Gasteiger partial charge in [0.15, 0.2) is 0 Å². The van der Waals surface area contributed by atoms with Crippen LogP contribution in [0.25, 0.3) is 22.3 Å². The zero-order chi connectivity index (χ0) is 53.2. The Kier molecular flexibility index (Phi) is 34.9. The predicted octanol–water partition coefficient (Wildman–Crippen LogP) is 19.3. The van der Waals surface area contributed by atoms with E-state index in [2.05, 4.69) is 0 Å². The van der Waals surface area contributed by atoms with Gasteiger partial charge in [0.25, 0.3) is 0 Å². The molecule has 0 aliphatic heterocycles. The van der Waals surface area contributed by atoms with Crippen molar-refractivity contribution in [2.24, 2.45) is 0 Å². The summed E-state index contributed by atoms with van der Waals surface area (Å²) in [5, 5.41) is 31.0. The number of fused-ring (bicyclic) bond motifs is 6. The second-order valence-electron chi connectivity index (χ2n) is 12.3. The molecule has 2 unspecified atom stereocenters. The molecule has 0 bridgehead atoms. The van der Waals surface area contributed by atoms with Gasteiger partial charge in [0.1, 0.15) is 0 Å². The van der Waals surface area contributed by atoms with E-state index in [1.54, 1.807) is 45.0 Å². The van der Waals surface area contributed by atoms with Gasteiger partial charge in [-0.2, -0.15) is 26.3 Å². The van der Waals surface area contributed by atoms with Gasteiger partial charge in [-0.3, -0.25) is 0 Å². The summed E-state index contributed by atoms with van der Waals surface area (Å²) < 4.78 is 83.3. The second-order valence-corrected chi connectivity index (χ2v) is 12.3. The third-order valence-corrected chi connectivity index (χ3v) is 10.1. The van der Waals surface area contributed by atoms with E-state index in [1.165, 1.54) is 31.2 Å². The van der Waals surface area contributed by atoms with E-state index in [9.17, 15) is 46.5 Å². The molecule has 6 rings (SSSR count). The van der Waals surface area contributed by atoms with Crippen molar-refractivity contribution in [3.63, 3.8) is 0 Å². The predicted molar refractivity (Wildman–Crippen MR) is 277 cm³/mol. The Labute approximate surface area is 397 Å². The van der Waals surface area contributed by atoms with Crippen LogP contribution in [0.2, 0.25) is 0 Å². The molecule has 4 aromatic carbocycles. The molecule has 0 fully saturated rings. The zero-order valence-corrected chi connectivity index (χ0v) is 44.8. The van der Waals surface area contributed by atoms with Gasteiger partial charge < -0.3 is 15.3 Å². The number of hydrogen-bond acceptors (Lipinski definition) is 3. The average Bonchev–Trinajstić information content (AvgIpc) is 3.79. The summed E-state index contributed by atoms with van der Waals surface area (Å²) in [5.41, 5.74) is -1.46. The first-order valence-electron chi connectivity index (χ1n) is 24.0.